The predicted octanol–water partition coefficient (Wildman–Crippen LogP) is 2.89. The zero-order valence-electron chi connectivity index (χ0n) is 16.0. The maximum absolute atomic E-state index is 11.8. The lowest BCUT2D eigenvalue weighted by atomic mass is 10.1. The minimum Gasteiger partial charge on any atom is -0.480 e. The molecule has 0 aromatic rings. The largest absolute Gasteiger partial charge is 0.480 e. The number of rotatable bonds is 18. The van der Waals surface area contributed by atoms with E-state index >= 15 is 0 Å². The third-order valence-electron chi connectivity index (χ3n) is 3.71. The number of hydrogen-bond donors (Lipinski definition) is 2. The third-order valence-corrected chi connectivity index (χ3v) is 6.14. The van der Waals surface area contributed by atoms with Gasteiger partial charge in [0.25, 0.3) is 0 Å². The number of carboxylic acid groups (broad SMARTS) is 2. The summed E-state index contributed by atoms with van der Waals surface area (Å²) in [5.74, 6) is -1.81. The van der Waals surface area contributed by atoms with Crippen molar-refractivity contribution in [3.05, 3.63) is 0 Å². The van der Waals surface area contributed by atoms with Gasteiger partial charge in [-0.2, -0.15) is 0 Å². The highest BCUT2D eigenvalue weighted by Crippen LogP contribution is 2.24. The molecule has 0 aromatic carbocycles. The SMILES string of the molecule is CCCC(=O)CCCOCCCC(=O)CCSC(C(=O)O)C(SC)C(=O)O. The smallest absolute Gasteiger partial charge is 0.318 e. The van der Waals surface area contributed by atoms with Crippen molar-refractivity contribution in [3.8, 4) is 0 Å². The molecule has 9 heteroatoms. The second kappa shape index (κ2) is 15.9. The molecule has 0 bridgehead atoms. The third kappa shape index (κ3) is 12.9. The highest BCUT2D eigenvalue weighted by Gasteiger charge is 2.33. The summed E-state index contributed by atoms with van der Waals surface area (Å²) in [5.41, 5.74) is 0. The van der Waals surface area contributed by atoms with Gasteiger partial charge in [-0.15, -0.1) is 23.5 Å². The van der Waals surface area contributed by atoms with Crippen LogP contribution in [0.4, 0.5) is 0 Å². The van der Waals surface area contributed by atoms with Crippen molar-refractivity contribution in [1.82, 2.24) is 0 Å². The van der Waals surface area contributed by atoms with E-state index in [-0.39, 0.29) is 23.7 Å². The van der Waals surface area contributed by atoms with Gasteiger partial charge in [0.15, 0.2) is 0 Å². The average Bonchev–Trinajstić information content (AvgIpc) is 2.59. The maximum atomic E-state index is 11.8. The number of carboxylic acids is 2. The molecule has 0 aliphatic heterocycles. The van der Waals surface area contributed by atoms with Crippen LogP contribution in [0.5, 0.6) is 0 Å². The minimum atomic E-state index is -1.18. The second-order valence-corrected chi connectivity index (χ2v) is 8.25. The molecular formula is C18H30O7S2. The normalized spacial score (nSPS) is 13.1. The molecule has 0 aromatic heterocycles. The molecule has 0 radical (unpaired) electrons. The first-order valence-corrected chi connectivity index (χ1v) is 11.4. The first-order valence-electron chi connectivity index (χ1n) is 9.04. The van der Waals surface area contributed by atoms with E-state index in [1.807, 2.05) is 6.92 Å². The van der Waals surface area contributed by atoms with Crippen LogP contribution in [-0.2, 0) is 23.9 Å². The predicted molar refractivity (Wildman–Crippen MR) is 108 cm³/mol. The first-order chi connectivity index (χ1) is 12.8. The Morgan fingerprint density at radius 3 is 1.81 bits per heavy atom. The lowest BCUT2D eigenvalue weighted by molar-refractivity contribution is -0.142. The topological polar surface area (TPSA) is 118 Å². The Morgan fingerprint density at radius 1 is 0.852 bits per heavy atom. The summed E-state index contributed by atoms with van der Waals surface area (Å²) >= 11 is 1.97. The monoisotopic (exact) mass is 422 g/mol. The van der Waals surface area contributed by atoms with Gasteiger partial charge in [0.2, 0.25) is 0 Å². The molecule has 0 saturated heterocycles. The summed E-state index contributed by atoms with van der Waals surface area (Å²) in [5, 5.41) is 16.1. The summed E-state index contributed by atoms with van der Waals surface area (Å²) in [4.78, 5) is 45.5. The molecule has 2 unspecified atom stereocenters. The lowest BCUT2D eigenvalue weighted by Crippen LogP contribution is -2.35. The number of thioether (sulfide) groups is 2. The average molecular weight is 423 g/mol. The molecule has 7 nitrogen and oxygen atoms in total. The zero-order chi connectivity index (χ0) is 20.7. The number of carbonyl (C=O) groups excluding carboxylic acids is 2. The standard InChI is InChI=1S/C18H30O7S2/c1-3-6-13(19)7-4-10-25-11-5-8-14(20)9-12-27-16(18(23)24)15(26-2)17(21)22/h15-16H,3-12H2,1-2H3,(H,21,22)(H,23,24). The van der Waals surface area contributed by atoms with Gasteiger partial charge in [0.05, 0.1) is 0 Å². The van der Waals surface area contributed by atoms with Crippen molar-refractivity contribution < 1.29 is 34.1 Å². The molecule has 0 spiro atoms. The molecule has 0 aliphatic carbocycles. The van der Waals surface area contributed by atoms with E-state index in [1.165, 1.54) is 0 Å². The number of ether oxygens (including phenoxy) is 1. The molecule has 0 amide bonds. The van der Waals surface area contributed by atoms with Crippen LogP contribution in [0.3, 0.4) is 0 Å². The first kappa shape index (κ1) is 25.9. The quantitative estimate of drug-likeness (QED) is 0.321. The van der Waals surface area contributed by atoms with Gasteiger partial charge in [-0.3, -0.25) is 19.2 Å². The highest BCUT2D eigenvalue weighted by molar-refractivity contribution is 8.04. The number of carbonyl (C=O) groups is 4. The van der Waals surface area contributed by atoms with Gasteiger partial charge in [-0.1, -0.05) is 6.92 Å². The van der Waals surface area contributed by atoms with Crippen LogP contribution in [-0.4, -0.2) is 69.4 Å². The van der Waals surface area contributed by atoms with Gasteiger partial charge in [-0.25, -0.2) is 0 Å². The Kier molecular flexibility index (Phi) is 15.3. The van der Waals surface area contributed by atoms with Crippen LogP contribution in [0.1, 0.15) is 51.9 Å². The summed E-state index contributed by atoms with van der Waals surface area (Å²) in [7, 11) is 0. The van der Waals surface area contributed by atoms with Crippen LogP contribution in [0, 0.1) is 0 Å². The zero-order valence-corrected chi connectivity index (χ0v) is 17.6. The summed E-state index contributed by atoms with van der Waals surface area (Å²) in [6, 6.07) is 0. The Hall–Kier alpha value is -1.06. The van der Waals surface area contributed by atoms with E-state index in [0.717, 1.165) is 29.9 Å². The molecule has 0 heterocycles. The van der Waals surface area contributed by atoms with Gasteiger partial charge >= 0.3 is 11.9 Å². The van der Waals surface area contributed by atoms with Crippen molar-refractivity contribution in [2.24, 2.45) is 0 Å². The van der Waals surface area contributed by atoms with Crippen LogP contribution < -0.4 is 0 Å². The molecule has 2 atom stereocenters. The van der Waals surface area contributed by atoms with Crippen molar-refractivity contribution in [3.63, 3.8) is 0 Å². The molecule has 156 valence electrons. The van der Waals surface area contributed by atoms with E-state index in [0.29, 0.717) is 45.3 Å². The van der Waals surface area contributed by atoms with Crippen LogP contribution >= 0.6 is 23.5 Å². The maximum Gasteiger partial charge on any atom is 0.318 e. The van der Waals surface area contributed by atoms with E-state index in [2.05, 4.69) is 0 Å². The molecule has 2 N–H and O–H groups in total. The molecule has 0 aliphatic rings. The summed E-state index contributed by atoms with van der Waals surface area (Å²) in [6.07, 6.45) is 5.39. The lowest BCUT2D eigenvalue weighted by Gasteiger charge is -2.17. The van der Waals surface area contributed by atoms with E-state index in [9.17, 15) is 24.3 Å². The van der Waals surface area contributed by atoms with Crippen LogP contribution in [0.25, 0.3) is 0 Å². The number of ketones is 2. The van der Waals surface area contributed by atoms with Crippen molar-refractivity contribution >= 4 is 47.0 Å². The minimum absolute atomic E-state index is 0.00406. The van der Waals surface area contributed by atoms with Crippen molar-refractivity contribution in [2.75, 3.05) is 25.2 Å². The van der Waals surface area contributed by atoms with Crippen molar-refractivity contribution in [1.29, 1.82) is 0 Å². The molecule has 0 saturated carbocycles. The molecule has 0 rings (SSSR count). The number of aliphatic carboxylic acids is 2. The second-order valence-electron chi connectivity index (χ2n) is 6.02. The summed E-state index contributed by atoms with van der Waals surface area (Å²) in [6.45, 7) is 2.93. The van der Waals surface area contributed by atoms with Crippen LogP contribution in [0.2, 0.25) is 0 Å². The van der Waals surface area contributed by atoms with Crippen molar-refractivity contribution in [2.45, 2.75) is 62.4 Å². The van der Waals surface area contributed by atoms with Gasteiger partial charge in [0, 0.05) is 44.6 Å². The Balaban J connectivity index is 3.86. The molecular weight excluding hydrogens is 392 g/mol. The Labute approximate surface area is 169 Å². The van der Waals surface area contributed by atoms with E-state index in [1.54, 1.807) is 6.26 Å². The number of Topliss-reactive ketones (excluding diaryl/α,β-unsaturated/α-hetero) is 2. The Bertz CT molecular complexity index is 482. The van der Waals surface area contributed by atoms with Gasteiger partial charge in [0.1, 0.15) is 22.1 Å². The Morgan fingerprint density at radius 2 is 1.37 bits per heavy atom. The highest BCUT2D eigenvalue weighted by atomic mass is 32.2. The fourth-order valence-corrected chi connectivity index (χ4v) is 4.48. The van der Waals surface area contributed by atoms with Gasteiger partial charge < -0.3 is 14.9 Å². The van der Waals surface area contributed by atoms with Crippen LogP contribution in [0.15, 0.2) is 0 Å². The summed E-state index contributed by atoms with van der Waals surface area (Å²) < 4.78 is 5.40. The fourth-order valence-electron chi connectivity index (χ4n) is 2.32. The van der Waals surface area contributed by atoms with Gasteiger partial charge in [-0.05, 0) is 25.5 Å². The molecule has 0 fully saturated rings. The van der Waals surface area contributed by atoms with E-state index in [4.69, 9.17) is 9.84 Å². The van der Waals surface area contributed by atoms with E-state index < -0.39 is 22.4 Å². The fraction of sp³-hybridized carbons (Fsp3) is 0.778. The number of hydrogen-bond acceptors (Lipinski definition) is 7. The molecule has 27 heavy (non-hydrogen) atoms.